The van der Waals surface area contributed by atoms with Crippen LogP contribution in [0.1, 0.15) is 55.9 Å². The fraction of sp³-hybridized carbons (Fsp3) is 0.615. The van der Waals surface area contributed by atoms with Crippen molar-refractivity contribution >= 4 is 5.97 Å². The average Bonchev–Trinajstić information content (AvgIpc) is 2.36. The lowest BCUT2D eigenvalue weighted by Crippen LogP contribution is -2.25. The van der Waals surface area contributed by atoms with Crippen LogP contribution in [0.5, 0.6) is 0 Å². The highest BCUT2D eigenvalue weighted by Gasteiger charge is 2.08. The van der Waals surface area contributed by atoms with Gasteiger partial charge < -0.3 is 9.72 Å². The maximum absolute atomic E-state index is 11.5. The second-order valence-electron chi connectivity index (χ2n) is 4.41. The van der Waals surface area contributed by atoms with Gasteiger partial charge in [0.15, 0.2) is 0 Å². The molecule has 0 saturated heterocycles. The van der Waals surface area contributed by atoms with Crippen molar-refractivity contribution < 1.29 is 9.53 Å². The van der Waals surface area contributed by atoms with Crippen molar-refractivity contribution in [3.8, 4) is 0 Å². The highest BCUT2D eigenvalue weighted by Crippen LogP contribution is 2.05. The Morgan fingerprint density at radius 3 is 2.47 bits per heavy atom. The molecule has 0 amide bonds. The van der Waals surface area contributed by atoms with Crippen molar-refractivity contribution in [2.24, 2.45) is 0 Å². The van der Waals surface area contributed by atoms with Crippen LogP contribution in [0.4, 0.5) is 0 Å². The lowest BCUT2D eigenvalue weighted by Gasteiger charge is -2.04. The summed E-state index contributed by atoms with van der Waals surface area (Å²) >= 11 is 0. The zero-order chi connectivity index (χ0) is 14.1. The van der Waals surface area contributed by atoms with Crippen molar-refractivity contribution in [2.75, 3.05) is 6.61 Å². The van der Waals surface area contributed by atoms with Gasteiger partial charge >= 0.3 is 11.7 Å². The second-order valence-corrected chi connectivity index (χ2v) is 4.41. The van der Waals surface area contributed by atoms with Crippen molar-refractivity contribution in [3.63, 3.8) is 0 Å². The summed E-state index contributed by atoms with van der Waals surface area (Å²) in [6, 6.07) is 1.02. The second kappa shape index (κ2) is 8.29. The van der Waals surface area contributed by atoms with Gasteiger partial charge in [0, 0.05) is 6.07 Å². The number of aromatic amines is 2. The van der Waals surface area contributed by atoms with Crippen LogP contribution >= 0.6 is 0 Å². The Bertz CT molecular complexity index is 476. The average molecular weight is 268 g/mol. The van der Waals surface area contributed by atoms with Crippen LogP contribution < -0.4 is 11.2 Å². The molecule has 106 valence electrons. The van der Waals surface area contributed by atoms with Crippen molar-refractivity contribution in [3.05, 3.63) is 32.6 Å². The topological polar surface area (TPSA) is 92.0 Å². The number of nitrogens with one attached hydrogen (secondary N) is 2. The van der Waals surface area contributed by atoms with E-state index < -0.39 is 17.2 Å². The molecule has 1 aromatic rings. The molecule has 0 spiro atoms. The molecule has 6 heteroatoms. The molecule has 1 aromatic heterocycles. The van der Waals surface area contributed by atoms with Crippen LogP contribution in [0.15, 0.2) is 15.7 Å². The standard InChI is InChI=1S/C13H20N2O4/c1-2-3-4-5-6-7-8-19-12(17)10-9-11(16)15-13(18)14-10/h9H,2-8H2,1H3,(H2,14,15,16,18). The fourth-order valence-electron chi connectivity index (χ4n) is 1.70. The number of H-pyrrole nitrogens is 2. The lowest BCUT2D eigenvalue weighted by molar-refractivity contribution is 0.0490. The highest BCUT2D eigenvalue weighted by atomic mass is 16.5. The molecule has 0 radical (unpaired) electrons. The molecule has 0 unspecified atom stereocenters. The zero-order valence-electron chi connectivity index (χ0n) is 11.2. The number of rotatable bonds is 8. The normalized spacial score (nSPS) is 10.4. The monoisotopic (exact) mass is 268 g/mol. The molecular formula is C13H20N2O4. The minimum absolute atomic E-state index is 0.111. The molecule has 0 aliphatic carbocycles. The summed E-state index contributed by atoms with van der Waals surface area (Å²) in [6.45, 7) is 2.46. The summed E-state index contributed by atoms with van der Waals surface area (Å²) < 4.78 is 4.98. The van der Waals surface area contributed by atoms with Gasteiger partial charge in [-0.15, -0.1) is 0 Å². The minimum Gasteiger partial charge on any atom is -0.461 e. The minimum atomic E-state index is -0.709. The van der Waals surface area contributed by atoms with E-state index in [-0.39, 0.29) is 5.69 Å². The van der Waals surface area contributed by atoms with Gasteiger partial charge in [0.25, 0.3) is 5.56 Å². The first kappa shape index (κ1) is 15.2. The quantitative estimate of drug-likeness (QED) is 0.553. The van der Waals surface area contributed by atoms with E-state index in [1.807, 2.05) is 4.98 Å². The lowest BCUT2D eigenvalue weighted by atomic mass is 10.1. The molecule has 0 atom stereocenters. The van der Waals surface area contributed by atoms with Crippen LogP contribution in [-0.2, 0) is 4.74 Å². The Balaban J connectivity index is 2.28. The van der Waals surface area contributed by atoms with Gasteiger partial charge in [-0.1, -0.05) is 39.0 Å². The first-order valence-corrected chi connectivity index (χ1v) is 6.64. The Morgan fingerprint density at radius 2 is 1.79 bits per heavy atom. The van der Waals surface area contributed by atoms with E-state index >= 15 is 0 Å². The highest BCUT2D eigenvalue weighted by molar-refractivity contribution is 5.86. The molecule has 0 fully saturated rings. The molecule has 6 nitrogen and oxygen atoms in total. The summed E-state index contributed by atoms with van der Waals surface area (Å²) in [5, 5.41) is 0. The number of esters is 1. The molecular weight excluding hydrogens is 248 g/mol. The number of carbonyl (C=O) groups excluding carboxylic acids is 1. The maximum atomic E-state index is 11.5. The number of aromatic nitrogens is 2. The SMILES string of the molecule is CCCCCCCCOC(=O)c1cc(=O)[nH]c(=O)[nH]1. The van der Waals surface area contributed by atoms with E-state index in [2.05, 4.69) is 11.9 Å². The molecule has 1 rings (SSSR count). The fourth-order valence-corrected chi connectivity index (χ4v) is 1.70. The van der Waals surface area contributed by atoms with E-state index in [1.165, 1.54) is 19.3 Å². The third-order valence-corrected chi connectivity index (χ3v) is 2.71. The van der Waals surface area contributed by atoms with E-state index in [9.17, 15) is 14.4 Å². The Hall–Kier alpha value is -1.85. The maximum Gasteiger partial charge on any atom is 0.355 e. The van der Waals surface area contributed by atoms with Gasteiger partial charge in [-0.2, -0.15) is 0 Å². The van der Waals surface area contributed by atoms with Crippen molar-refractivity contribution in [1.29, 1.82) is 0 Å². The van der Waals surface area contributed by atoms with Crippen LogP contribution in [0, 0.1) is 0 Å². The molecule has 1 heterocycles. The van der Waals surface area contributed by atoms with E-state index in [1.54, 1.807) is 0 Å². The van der Waals surface area contributed by atoms with Crippen LogP contribution in [-0.4, -0.2) is 22.5 Å². The van der Waals surface area contributed by atoms with Crippen LogP contribution in [0.3, 0.4) is 0 Å². The van der Waals surface area contributed by atoms with Gasteiger partial charge in [0.1, 0.15) is 5.69 Å². The third kappa shape index (κ3) is 6.03. The summed E-state index contributed by atoms with van der Waals surface area (Å²) in [7, 11) is 0. The Morgan fingerprint density at radius 1 is 1.11 bits per heavy atom. The van der Waals surface area contributed by atoms with Gasteiger partial charge in [0.2, 0.25) is 0 Å². The molecule has 19 heavy (non-hydrogen) atoms. The van der Waals surface area contributed by atoms with E-state index in [4.69, 9.17) is 4.74 Å². The van der Waals surface area contributed by atoms with Gasteiger partial charge in [-0.3, -0.25) is 9.78 Å². The van der Waals surface area contributed by atoms with Crippen molar-refractivity contribution in [2.45, 2.75) is 45.4 Å². The Kier molecular flexibility index (Phi) is 6.63. The molecule has 0 aliphatic heterocycles. The summed E-state index contributed by atoms with van der Waals surface area (Å²) in [4.78, 5) is 37.7. The van der Waals surface area contributed by atoms with Crippen LogP contribution in [0.2, 0.25) is 0 Å². The molecule has 0 bridgehead atoms. The van der Waals surface area contributed by atoms with E-state index in [0.29, 0.717) is 6.61 Å². The van der Waals surface area contributed by atoms with E-state index in [0.717, 1.165) is 25.3 Å². The predicted octanol–water partition coefficient (Wildman–Crippen LogP) is 1.58. The molecule has 0 aromatic carbocycles. The number of carbonyl (C=O) groups is 1. The number of hydrogen-bond donors (Lipinski definition) is 2. The van der Waals surface area contributed by atoms with Gasteiger partial charge in [-0.25, -0.2) is 9.59 Å². The molecule has 2 N–H and O–H groups in total. The van der Waals surface area contributed by atoms with Gasteiger partial charge in [-0.05, 0) is 6.42 Å². The predicted molar refractivity (Wildman–Crippen MR) is 71.3 cm³/mol. The van der Waals surface area contributed by atoms with Crippen molar-refractivity contribution in [1.82, 2.24) is 9.97 Å². The van der Waals surface area contributed by atoms with Gasteiger partial charge in [0.05, 0.1) is 6.61 Å². The number of ether oxygens (including phenoxy) is 1. The number of hydrogen-bond acceptors (Lipinski definition) is 4. The summed E-state index contributed by atoms with van der Waals surface area (Å²) in [5.41, 5.74) is -1.44. The number of unbranched alkanes of at least 4 members (excludes halogenated alkanes) is 5. The summed E-state index contributed by atoms with van der Waals surface area (Å²) in [6.07, 6.45) is 6.57. The first-order valence-electron chi connectivity index (χ1n) is 6.64. The molecule has 0 aliphatic rings. The Labute approximate surface area is 111 Å². The third-order valence-electron chi connectivity index (χ3n) is 2.71. The largest absolute Gasteiger partial charge is 0.461 e. The smallest absolute Gasteiger partial charge is 0.355 e. The molecule has 0 saturated carbocycles. The first-order chi connectivity index (χ1) is 9.13. The zero-order valence-corrected chi connectivity index (χ0v) is 11.2. The van der Waals surface area contributed by atoms with Crippen LogP contribution in [0.25, 0.3) is 0 Å². The summed E-state index contributed by atoms with van der Waals surface area (Å²) in [5.74, 6) is -0.670.